The molecule has 4 rings (SSSR count). The largest absolute Gasteiger partial charge is 0.493 e. The lowest BCUT2D eigenvalue weighted by molar-refractivity contribution is -0.132. The first-order valence-corrected chi connectivity index (χ1v) is 15.0. The van der Waals surface area contributed by atoms with Crippen LogP contribution in [-0.4, -0.2) is 68.8 Å². The number of rotatable bonds is 15. The van der Waals surface area contributed by atoms with Crippen molar-refractivity contribution in [3.63, 3.8) is 0 Å². The van der Waals surface area contributed by atoms with Crippen molar-refractivity contribution in [1.29, 1.82) is 0 Å². The normalized spacial score (nSPS) is 10.8. The molecule has 3 amide bonds. The first-order chi connectivity index (χ1) is 20.5. The third-order valence-corrected chi connectivity index (χ3v) is 7.82. The zero-order chi connectivity index (χ0) is 29.7. The van der Waals surface area contributed by atoms with Gasteiger partial charge in [0.2, 0.25) is 5.91 Å². The Morgan fingerprint density at radius 2 is 1.69 bits per heavy atom. The van der Waals surface area contributed by atoms with Crippen LogP contribution in [0.15, 0.2) is 78.2 Å². The quantitative estimate of drug-likeness (QED) is 0.161. The highest BCUT2D eigenvalue weighted by Crippen LogP contribution is 2.28. The molecule has 0 saturated carbocycles. The van der Waals surface area contributed by atoms with E-state index in [-0.39, 0.29) is 18.5 Å². The van der Waals surface area contributed by atoms with Gasteiger partial charge in [0.05, 0.1) is 26.5 Å². The fourth-order valence-corrected chi connectivity index (χ4v) is 5.45. The number of fused-ring (bicyclic) bond motifs is 1. The number of anilines is 1. The van der Waals surface area contributed by atoms with Gasteiger partial charge in [0.15, 0.2) is 11.5 Å². The van der Waals surface area contributed by atoms with Gasteiger partial charge in [-0.2, -0.15) is 0 Å². The van der Waals surface area contributed by atoms with E-state index >= 15 is 0 Å². The first-order valence-electron chi connectivity index (χ1n) is 14.1. The van der Waals surface area contributed by atoms with E-state index in [2.05, 4.69) is 5.32 Å². The summed E-state index contributed by atoms with van der Waals surface area (Å²) in [5.41, 5.74) is 1.74. The molecule has 1 heterocycles. The van der Waals surface area contributed by atoms with Gasteiger partial charge >= 0.3 is 6.03 Å². The number of hydrogen-bond acceptors (Lipinski definition) is 6. The fourth-order valence-electron chi connectivity index (χ4n) is 4.73. The lowest BCUT2D eigenvalue weighted by Crippen LogP contribution is -2.45. The number of hydrogen-bond donors (Lipinski definition) is 1. The van der Waals surface area contributed by atoms with Crippen LogP contribution < -0.4 is 14.8 Å². The predicted molar refractivity (Wildman–Crippen MR) is 169 cm³/mol. The Balaban J connectivity index is 1.50. The highest BCUT2D eigenvalue weighted by Gasteiger charge is 2.22. The molecule has 0 aliphatic heterocycles. The fraction of sp³-hybridized carbons (Fsp3) is 0.333. The SMILES string of the molecule is CCOCCCN(CC(=O)N(CCc1ccc(OC)c(OC)c1)Cc1cccs1)C(=O)Nc1cccc2ccccc12. The Kier molecular flexibility index (Phi) is 11.6. The average Bonchev–Trinajstić information content (AvgIpc) is 3.54. The second-order valence-electron chi connectivity index (χ2n) is 9.76. The Morgan fingerprint density at radius 3 is 2.45 bits per heavy atom. The minimum absolute atomic E-state index is 0.0416. The van der Waals surface area contributed by atoms with E-state index in [1.54, 1.807) is 30.5 Å². The minimum Gasteiger partial charge on any atom is -0.493 e. The van der Waals surface area contributed by atoms with E-state index in [1.165, 1.54) is 0 Å². The van der Waals surface area contributed by atoms with Crippen LogP contribution >= 0.6 is 11.3 Å². The topological polar surface area (TPSA) is 80.3 Å². The van der Waals surface area contributed by atoms with Gasteiger partial charge in [-0.05, 0) is 60.4 Å². The summed E-state index contributed by atoms with van der Waals surface area (Å²) in [5.74, 6) is 1.19. The number of benzene rings is 3. The second kappa shape index (κ2) is 15.8. The van der Waals surface area contributed by atoms with Crippen LogP contribution in [0.25, 0.3) is 10.8 Å². The summed E-state index contributed by atoms with van der Waals surface area (Å²) in [6, 6.07) is 23.2. The number of amides is 3. The van der Waals surface area contributed by atoms with Gasteiger partial charge < -0.3 is 29.3 Å². The van der Waals surface area contributed by atoms with Crippen molar-refractivity contribution in [3.05, 3.63) is 88.6 Å². The van der Waals surface area contributed by atoms with Crippen molar-refractivity contribution in [2.45, 2.75) is 26.3 Å². The maximum absolute atomic E-state index is 13.8. The highest BCUT2D eigenvalue weighted by atomic mass is 32.1. The minimum atomic E-state index is -0.313. The van der Waals surface area contributed by atoms with Crippen molar-refractivity contribution < 1.29 is 23.8 Å². The number of carbonyl (C=O) groups is 2. The third-order valence-electron chi connectivity index (χ3n) is 6.96. The average molecular weight is 590 g/mol. The maximum atomic E-state index is 13.8. The first kappa shape index (κ1) is 30.9. The molecule has 0 unspecified atom stereocenters. The molecule has 42 heavy (non-hydrogen) atoms. The number of nitrogens with zero attached hydrogens (tertiary/aromatic N) is 2. The zero-order valence-electron chi connectivity index (χ0n) is 24.5. The number of carbonyl (C=O) groups excluding carboxylic acids is 2. The molecule has 8 nitrogen and oxygen atoms in total. The molecular formula is C33H39N3O5S. The molecule has 0 saturated heterocycles. The maximum Gasteiger partial charge on any atom is 0.322 e. The number of thiophene rings is 1. The van der Waals surface area contributed by atoms with E-state index in [0.29, 0.717) is 62.9 Å². The smallest absolute Gasteiger partial charge is 0.322 e. The van der Waals surface area contributed by atoms with Crippen LogP contribution in [0, 0.1) is 0 Å². The molecule has 0 aliphatic carbocycles. The van der Waals surface area contributed by atoms with Crippen LogP contribution in [0.2, 0.25) is 0 Å². The van der Waals surface area contributed by atoms with Gasteiger partial charge in [0.1, 0.15) is 6.54 Å². The van der Waals surface area contributed by atoms with Gasteiger partial charge in [-0.25, -0.2) is 4.79 Å². The van der Waals surface area contributed by atoms with Gasteiger partial charge in [-0.3, -0.25) is 4.79 Å². The third kappa shape index (κ3) is 8.47. The van der Waals surface area contributed by atoms with Crippen molar-refractivity contribution in [2.75, 3.05) is 52.4 Å². The van der Waals surface area contributed by atoms with E-state index < -0.39 is 0 Å². The molecule has 0 aliphatic rings. The van der Waals surface area contributed by atoms with Crippen LogP contribution in [0.4, 0.5) is 10.5 Å². The summed E-state index contributed by atoms with van der Waals surface area (Å²) in [4.78, 5) is 31.9. The summed E-state index contributed by atoms with van der Waals surface area (Å²) in [6.45, 7) is 4.37. The Bertz CT molecular complexity index is 1440. The number of methoxy groups -OCH3 is 2. The summed E-state index contributed by atoms with van der Waals surface area (Å²) >= 11 is 1.61. The van der Waals surface area contributed by atoms with Crippen LogP contribution in [0.5, 0.6) is 11.5 Å². The van der Waals surface area contributed by atoms with Crippen molar-refractivity contribution in [1.82, 2.24) is 9.80 Å². The summed E-state index contributed by atoms with van der Waals surface area (Å²) < 4.78 is 16.3. The lowest BCUT2D eigenvalue weighted by atomic mass is 10.1. The molecule has 0 atom stereocenters. The molecule has 4 aromatic rings. The van der Waals surface area contributed by atoms with Gasteiger partial charge in [0.25, 0.3) is 0 Å². The standard InChI is InChI=1S/C33H39N3O5S/c1-4-41-20-9-18-36(33(38)34-29-14-7-11-26-10-5-6-13-28(26)29)24-32(37)35(23-27-12-8-21-42-27)19-17-25-15-16-30(39-2)31(22-25)40-3/h5-8,10-16,21-22H,4,9,17-20,23-24H2,1-3H3,(H,34,38). The predicted octanol–water partition coefficient (Wildman–Crippen LogP) is 6.45. The van der Waals surface area contributed by atoms with E-state index in [0.717, 1.165) is 21.2 Å². The monoisotopic (exact) mass is 589 g/mol. The van der Waals surface area contributed by atoms with E-state index in [1.807, 2.05) is 90.0 Å². The van der Waals surface area contributed by atoms with Gasteiger partial charge in [-0.15, -0.1) is 11.3 Å². The second-order valence-corrected chi connectivity index (χ2v) is 10.8. The van der Waals surface area contributed by atoms with Crippen molar-refractivity contribution >= 4 is 39.7 Å². The number of nitrogens with one attached hydrogen (secondary N) is 1. The summed E-state index contributed by atoms with van der Waals surface area (Å²) in [6.07, 6.45) is 1.25. The van der Waals surface area contributed by atoms with Crippen molar-refractivity contribution in [2.24, 2.45) is 0 Å². The molecule has 222 valence electrons. The van der Waals surface area contributed by atoms with Crippen LogP contribution in [0.3, 0.4) is 0 Å². The van der Waals surface area contributed by atoms with Gasteiger partial charge in [0, 0.05) is 36.6 Å². The molecule has 0 spiro atoms. The van der Waals surface area contributed by atoms with Crippen LogP contribution in [-0.2, 0) is 22.5 Å². The molecule has 0 fully saturated rings. The van der Waals surface area contributed by atoms with Crippen LogP contribution in [0.1, 0.15) is 23.8 Å². The summed E-state index contributed by atoms with van der Waals surface area (Å²) in [7, 11) is 3.22. The molecule has 1 N–H and O–H groups in total. The molecular weight excluding hydrogens is 550 g/mol. The number of ether oxygens (including phenoxy) is 3. The summed E-state index contributed by atoms with van der Waals surface area (Å²) in [5, 5.41) is 7.03. The lowest BCUT2D eigenvalue weighted by Gasteiger charge is -2.28. The Hall–Kier alpha value is -4.08. The Morgan fingerprint density at radius 1 is 0.881 bits per heavy atom. The zero-order valence-corrected chi connectivity index (χ0v) is 25.3. The molecule has 0 bridgehead atoms. The van der Waals surface area contributed by atoms with E-state index in [4.69, 9.17) is 14.2 Å². The van der Waals surface area contributed by atoms with Crippen molar-refractivity contribution in [3.8, 4) is 11.5 Å². The van der Waals surface area contributed by atoms with Gasteiger partial charge in [-0.1, -0.05) is 48.5 Å². The Labute approximate surface area is 251 Å². The molecule has 3 aromatic carbocycles. The number of urea groups is 1. The molecule has 0 radical (unpaired) electrons. The highest BCUT2D eigenvalue weighted by molar-refractivity contribution is 7.09. The van der Waals surface area contributed by atoms with E-state index in [9.17, 15) is 9.59 Å². The molecule has 9 heteroatoms. The molecule has 1 aromatic heterocycles.